The zero-order valence-corrected chi connectivity index (χ0v) is 12.3. The molecule has 0 spiro atoms. The zero-order chi connectivity index (χ0) is 14.7. The largest absolute Gasteiger partial charge is 0.306 e. The lowest BCUT2D eigenvalue weighted by Crippen LogP contribution is -2.20. The molecule has 106 valence electrons. The van der Waals surface area contributed by atoms with E-state index in [4.69, 9.17) is 0 Å². The van der Waals surface area contributed by atoms with Gasteiger partial charge >= 0.3 is 0 Å². The van der Waals surface area contributed by atoms with Gasteiger partial charge in [-0.1, -0.05) is 12.1 Å². The van der Waals surface area contributed by atoms with E-state index in [1.54, 1.807) is 12.1 Å². The van der Waals surface area contributed by atoms with E-state index in [0.29, 0.717) is 0 Å². The van der Waals surface area contributed by atoms with Crippen LogP contribution in [-0.2, 0) is 6.54 Å². The van der Waals surface area contributed by atoms with Crippen LogP contribution in [0.2, 0.25) is 0 Å². The third kappa shape index (κ3) is 3.41. The van der Waals surface area contributed by atoms with Crippen molar-refractivity contribution in [3.8, 4) is 0 Å². The Labute approximate surface area is 123 Å². The molecule has 1 unspecified atom stereocenters. The molecule has 1 atom stereocenters. The molecule has 0 aliphatic rings. The fraction of sp³-hybridized carbons (Fsp3) is 0.200. The van der Waals surface area contributed by atoms with E-state index < -0.39 is 11.6 Å². The number of benzene rings is 2. The number of nitrogens with one attached hydrogen (secondary N) is 1. The summed E-state index contributed by atoms with van der Waals surface area (Å²) in [6, 6.07) is 8.41. The second kappa shape index (κ2) is 6.41. The van der Waals surface area contributed by atoms with Gasteiger partial charge in [-0.05, 0) is 52.7 Å². The van der Waals surface area contributed by atoms with E-state index in [9.17, 15) is 13.2 Å². The Hall–Kier alpha value is -1.33. The van der Waals surface area contributed by atoms with Gasteiger partial charge in [-0.2, -0.15) is 0 Å². The Morgan fingerprint density at radius 1 is 1.15 bits per heavy atom. The lowest BCUT2D eigenvalue weighted by Gasteiger charge is -2.15. The Bertz CT molecular complexity index is 616. The minimum Gasteiger partial charge on any atom is -0.306 e. The molecule has 2 aromatic carbocycles. The van der Waals surface area contributed by atoms with Crippen molar-refractivity contribution in [3.63, 3.8) is 0 Å². The summed E-state index contributed by atoms with van der Waals surface area (Å²) < 4.78 is 40.7. The molecule has 0 heterocycles. The van der Waals surface area contributed by atoms with Crippen LogP contribution < -0.4 is 5.32 Å². The molecule has 2 rings (SSSR count). The molecular weight excluding hydrogens is 331 g/mol. The first-order chi connectivity index (χ1) is 9.49. The summed E-state index contributed by atoms with van der Waals surface area (Å²) >= 11 is 3.02. The molecule has 0 aromatic heterocycles. The number of rotatable bonds is 4. The standard InChI is InChI=1S/C15H13BrF3N/c1-9(10-3-2-4-11(17)7-10)20-8-12-14(18)6-5-13(16)15(12)19/h2-7,9,20H,8H2,1H3. The van der Waals surface area contributed by atoms with Crippen LogP contribution in [0.15, 0.2) is 40.9 Å². The summed E-state index contributed by atoms with van der Waals surface area (Å²) in [5, 5.41) is 2.98. The lowest BCUT2D eigenvalue weighted by molar-refractivity contribution is 0.505. The van der Waals surface area contributed by atoms with Gasteiger partial charge in [0.25, 0.3) is 0 Å². The molecule has 20 heavy (non-hydrogen) atoms. The van der Waals surface area contributed by atoms with Crippen molar-refractivity contribution >= 4 is 15.9 Å². The highest BCUT2D eigenvalue weighted by atomic mass is 79.9. The highest BCUT2D eigenvalue weighted by Gasteiger charge is 2.14. The van der Waals surface area contributed by atoms with Gasteiger partial charge in [0.2, 0.25) is 0 Å². The number of hydrogen-bond acceptors (Lipinski definition) is 1. The lowest BCUT2D eigenvalue weighted by atomic mass is 10.1. The average Bonchev–Trinajstić information content (AvgIpc) is 2.43. The van der Waals surface area contributed by atoms with Crippen molar-refractivity contribution < 1.29 is 13.2 Å². The van der Waals surface area contributed by atoms with Crippen LogP contribution in [0.3, 0.4) is 0 Å². The maximum absolute atomic E-state index is 13.8. The molecule has 0 saturated carbocycles. The maximum atomic E-state index is 13.8. The highest BCUT2D eigenvalue weighted by Crippen LogP contribution is 2.22. The van der Waals surface area contributed by atoms with Crippen molar-refractivity contribution in [2.45, 2.75) is 19.5 Å². The van der Waals surface area contributed by atoms with E-state index in [0.717, 1.165) is 5.56 Å². The number of hydrogen-bond donors (Lipinski definition) is 1. The first-order valence-electron chi connectivity index (χ1n) is 6.10. The molecule has 0 amide bonds. The van der Waals surface area contributed by atoms with Gasteiger partial charge in [0, 0.05) is 18.2 Å². The smallest absolute Gasteiger partial charge is 0.144 e. The van der Waals surface area contributed by atoms with Gasteiger partial charge in [0.15, 0.2) is 0 Å². The molecule has 0 aliphatic heterocycles. The quantitative estimate of drug-likeness (QED) is 0.792. The summed E-state index contributed by atoms with van der Waals surface area (Å²) in [6.45, 7) is 1.83. The molecule has 0 saturated heterocycles. The van der Waals surface area contributed by atoms with Gasteiger partial charge in [0.1, 0.15) is 17.5 Å². The topological polar surface area (TPSA) is 12.0 Å². The first kappa shape index (κ1) is 15.1. The Kier molecular flexibility index (Phi) is 4.83. The Balaban J connectivity index is 2.11. The van der Waals surface area contributed by atoms with Crippen molar-refractivity contribution in [1.82, 2.24) is 5.32 Å². The molecule has 0 radical (unpaired) electrons. The second-order valence-corrected chi connectivity index (χ2v) is 5.33. The van der Waals surface area contributed by atoms with Crippen molar-refractivity contribution in [2.24, 2.45) is 0 Å². The number of halogens is 4. The molecule has 0 bridgehead atoms. The minimum absolute atomic E-state index is 0.0226. The summed E-state index contributed by atoms with van der Waals surface area (Å²) in [6.07, 6.45) is 0. The predicted octanol–water partition coefficient (Wildman–Crippen LogP) is 4.72. The van der Waals surface area contributed by atoms with Gasteiger partial charge in [-0.15, -0.1) is 0 Å². The molecule has 5 heteroatoms. The first-order valence-corrected chi connectivity index (χ1v) is 6.89. The van der Waals surface area contributed by atoms with Crippen molar-refractivity contribution in [1.29, 1.82) is 0 Å². The van der Waals surface area contributed by atoms with Gasteiger partial charge in [-0.3, -0.25) is 0 Å². The molecule has 0 fully saturated rings. The SMILES string of the molecule is CC(NCc1c(F)ccc(Br)c1F)c1cccc(F)c1. The van der Waals surface area contributed by atoms with E-state index >= 15 is 0 Å². The summed E-state index contributed by atoms with van der Waals surface area (Å²) in [5.74, 6) is -1.57. The van der Waals surface area contributed by atoms with Crippen LogP contribution in [0.25, 0.3) is 0 Å². The van der Waals surface area contributed by atoms with Crippen LogP contribution in [-0.4, -0.2) is 0 Å². The Morgan fingerprint density at radius 2 is 1.90 bits per heavy atom. The predicted molar refractivity (Wildman–Crippen MR) is 75.7 cm³/mol. The van der Waals surface area contributed by atoms with Gasteiger partial charge in [-0.25, -0.2) is 13.2 Å². The van der Waals surface area contributed by atoms with Crippen LogP contribution in [0.4, 0.5) is 13.2 Å². The van der Waals surface area contributed by atoms with E-state index in [1.165, 1.54) is 24.3 Å². The normalized spacial score (nSPS) is 12.4. The van der Waals surface area contributed by atoms with E-state index in [2.05, 4.69) is 21.2 Å². The summed E-state index contributed by atoms with van der Waals surface area (Å²) in [5.41, 5.74) is 0.684. The van der Waals surface area contributed by atoms with Crippen LogP contribution >= 0.6 is 15.9 Å². The van der Waals surface area contributed by atoms with Crippen molar-refractivity contribution in [2.75, 3.05) is 0 Å². The fourth-order valence-electron chi connectivity index (χ4n) is 1.88. The zero-order valence-electron chi connectivity index (χ0n) is 10.8. The van der Waals surface area contributed by atoms with Crippen LogP contribution in [0, 0.1) is 17.5 Å². The van der Waals surface area contributed by atoms with Gasteiger partial charge < -0.3 is 5.32 Å². The van der Waals surface area contributed by atoms with E-state index in [1.807, 2.05) is 6.92 Å². The molecular formula is C15H13BrF3N. The molecule has 0 aliphatic carbocycles. The summed E-state index contributed by atoms with van der Waals surface area (Å²) in [4.78, 5) is 0. The molecule has 2 aromatic rings. The van der Waals surface area contributed by atoms with E-state index in [-0.39, 0.29) is 28.4 Å². The van der Waals surface area contributed by atoms with Crippen LogP contribution in [0.1, 0.15) is 24.1 Å². The molecule has 1 nitrogen and oxygen atoms in total. The third-order valence-corrected chi connectivity index (χ3v) is 3.69. The molecule has 1 N–H and O–H groups in total. The second-order valence-electron chi connectivity index (χ2n) is 4.48. The minimum atomic E-state index is -0.621. The summed E-state index contributed by atoms with van der Waals surface area (Å²) in [7, 11) is 0. The third-order valence-electron chi connectivity index (χ3n) is 3.07. The monoisotopic (exact) mass is 343 g/mol. The maximum Gasteiger partial charge on any atom is 0.144 e. The van der Waals surface area contributed by atoms with Crippen molar-refractivity contribution in [3.05, 3.63) is 69.4 Å². The van der Waals surface area contributed by atoms with Crippen LogP contribution in [0.5, 0.6) is 0 Å². The average molecular weight is 344 g/mol. The van der Waals surface area contributed by atoms with Gasteiger partial charge in [0.05, 0.1) is 4.47 Å². The fourth-order valence-corrected chi connectivity index (χ4v) is 2.25. The highest BCUT2D eigenvalue weighted by molar-refractivity contribution is 9.10. The Morgan fingerprint density at radius 3 is 2.60 bits per heavy atom.